The van der Waals surface area contributed by atoms with Gasteiger partial charge < -0.3 is 19.7 Å². The number of H-pyrrole nitrogens is 1. The summed E-state index contributed by atoms with van der Waals surface area (Å²) in [4.78, 5) is 19.0. The van der Waals surface area contributed by atoms with E-state index < -0.39 is 18.0 Å². The number of benzene rings is 1. The molecule has 1 fully saturated rings. The van der Waals surface area contributed by atoms with Crippen LogP contribution >= 0.6 is 0 Å². The van der Waals surface area contributed by atoms with Gasteiger partial charge in [0, 0.05) is 24.8 Å². The number of rotatable bonds is 6. The van der Waals surface area contributed by atoms with Crippen LogP contribution < -0.4 is 15.0 Å². The number of hydrogen-bond donors (Lipinski definition) is 2. The number of halogens is 3. The quantitative estimate of drug-likeness (QED) is 0.603. The molecule has 168 valence electrons. The molecule has 1 aromatic carbocycles. The molecule has 3 aromatic rings. The maximum absolute atomic E-state index is 12.6. The number of para-hydroxylation sites is 1. The molecule has 8 nitrogen and oxygen atoms in total. The third-order valence-electron chi connectivity index (χ3n) is 4.80. The van der Waals surface area contributed by atoms with Gasteiger partial charge in [0.2, 0.25) is 0 Å². The molecule has 1 saturated heterocycles. The van der Waals surface area contributed by atoms with Crippen molar-refractivity contribution in [2.24, 2.45) is 0 Å². The lowest BCUT2D eigenvalue weighted by molar-refractivity contribution is -0.274. The summed E-state index contributed by atoms with van der Waals surface area (Å²) in [7, 11) is 0. The predicted molar refractivity (Wildman–Crippen MR) is 109 cm³/mol. The molecular weight excluding hydrogens is 427 g/mol. The Hall–Kier alpha value is -3.60. The molecule has 1 aliphatic heterocycles. The minimum absolute atomic E-state index is 0.0410. The van der Waals surface area contributed by atoms with Crippen LogP contribution in [0.4, 0.5) is 19.0 Å². The molecule has 4 rings (SSSR count). The summed E-state index contributed by atoms with van der Waals surface area (Å²) in [5, 5.41) is 9.74. The van der Waals surface area contributed by atoms with Crippen molar-refractivity contribution in [2.75, 3.05) is 31.2 Å². The summed E-state index contributed by atoms with van der Waals surface area (Å²) < 4.78 is 47.1. The zero-order valence-corrected chi connectivity index (χ0v) is 16.9. The predicted octanol–water partition coefficient (Wildman–Crippen LogP) is 3.14. The number of morpholine rings is 1. The third-order valence-corrected chi connectivity index (χ3v) is 4.80. The average molecular weight is 447 g/mol. The van der Waals surface area contributed by atoms with Crippen molar-refractivity contribution < 1.29 is 27.4 Å². The van der Waals surface area contributed by atoms with E-state index in [1.165, 1.54) is 18.2 Å². The van der Waals surface area contributed by atoms with Gasteiger partial charge in [0.25, 0.3) is 5.91 Å². The van der Waals surface area contributed by atoms with Crippen LogP contribution in [0.3, 0.4) is 0 Å². The van der Waals surface area contributed by atoms with E-state index in [4.69, 9.17) is 4.74 Å². The summed E-state index contributed by atoms with van der Waals surface area (Å²) in [5.74, 6) is -0.471. The Morgan fingerprint density at radius 1 is 1.19 bits per heavy atom. The molecule has 1 aliphatic rings. The first-order valence-electron chi connectivity index (χ1n) is 9.86. The molecule has 0 atom stereocenters. The summed E-state index contributed by atoms with van der Waals surface area (Å²) >= 11 is 0. The summed E-state index contributed by atoms with van der Waals surface area (Å²) in [6.45, 7) is 2.72. The highest BCUT2D eigenvalue weighted by Crippen LogP contribution is 2.29. The van der Waals surface area contributed by atoms with Gasteiger partial charge in [-0.3, -0.25) is 9.89 Å². The first-order valence-corrected chi connectivity index (χ1v) is 9.86. The smallest absolute Gasteiger partial charge is 0.405 e. The lowest BCUT2D eigenvalue weighted by atomic mass is 10.1. The number of amides is 1. The standard InChI is InChI=1S/C21H20F3N5O3/c22-21(23,24)32-18-6-2-1-4-16(18)20(30)26-13-14-12-17(28-27-14)15-5-3-7-25-19(15)29-8-10-31-11-9-29/h1-7,12H,8-11,13H2,(H,26,30)(H,27,28). The van der Waals surface area contributed by atoms with Crippen LogP contribution in [-0.2, 0) is 11.3 Å². The van der Waals surface area contributed by atoms with E-state index in [-0.39, 0.29) is 12.1 Å². The zero-order valence-electron chi connectivity index (χ0n) is 16.9. The maximum atomic E-state index is 12.6. The van der Waals surface area contributed by atoms with Crippen LogP contribution in [-0.4, -0.2) is 53.8 Å². The van der Waals surface area contributed by atoms with Crippen molar-refractivity contribution in [1.29, 1.82) is 0 Å². The molecule has 0 bridgehead atoms. The molecule has 0 spiro atoms. The van der Waals surface area contributed by atoms with Crippen molar-refractivity contribution >= 4 is 11.7 Å². The lowest BCUT2D eigenvalue weighted by Crippen LogP contribution is -2.37. The monoisotopic (exact) mass is 447 g/mol. The summed E-state index contributed by atoms with van der Waals surface area (Å²) in [5.41, 5.74) is 1.84. The number of pyridine rings is 1. The molecule has 32 heavy (non-hydrogen) atoms. The SMILES string of the molecule is O=C(NCc1cc(-c2cccnc2N2CCOCC2)n[nH]1)c1ccccc1OC(F)(F)F. The highest BCUT2D eigenvalue weighted by molar-refractivity contribution is 5.96. The highest BCUT2D eigenvalue weighted by atomic mass is 19.4. The van der Waals surface area contributed by atoms with E-state index in [9.17, 15) is 18.0 Å². The summed E-state index contributed by atoms with van der Waals surface area (Å²) in [6.07, 6.45) is -3.18. The van der Waals surface area contributed by atoms with Crippen LogP contribution in [0.15, 0.2) is 48.7 Å². The Kier molecular flexibility index (Phi) is 6.26. The third kappa shape index (κ3) is 5.17. The van der Waals surface area contributed by atoms with Crippen molar-refractivity contribution in [3.05, 3.63) is 59.9 Å². The summed E-state index contributed by atoms with van der Waals surface area (Å²) in [6, 6.07) is 10.7. The second-order valence-corrected chi connectivity index (χ2v) is 6.98. The second kappa shape index (κ2) is 9.27. The molecule has 1 amide bonds. The van der Waals surface area contributed by atoms with Crippen LogP contribution in [0.25, 0.3) is 11.3 Å². The highest BCUT2D eigenvalue weighted by Gasteiger charge is 2.32. The number of carbonyl (C=O) groups is 1. The van der Waals surface area contributed by atoms with Crippen LogP contribution in [0.2, 0.25) is 0 Å². The minimum Gasteiger partial charge on any atom is -0.405 e. The van der Waals surface area contributed by atoms with Gasteiger partial charge in [-0.1, -0.05) is 12.1 Å². The Balaban J connectivity index is 1.46. The van der Waals surface area contributed by atoms with Gasteiger partial charge in [-0.25, -0.2) is 4.98 Å². The Morgan fingerprint density at radius 3 is 2.75 bits per heavy atom. The van der Waals surface area contributed by atoms with E-state index in [1.807, 2.05) is 12.1 Å². The second-order valence-electron chi connectivity index (χ2n) is 6.98. The zero-order chi connectivity index (χ0) is 22.6. The van der Waals surface area contributed by atoms with Gasteiger partial charge in [0.15, 0.2) is 0 Å². The fourth-order valence-electron chi connectivity index (χ4n) is 3.35. The number of nitrogens with one attached hydrogen (secondary N) is 2. The number of hydrogen-bond acceptors (Lipinski definition) is 6. The molecule has 11 heteroatoms. The van der Waals surface area contributed by atoms with Gasteiger partial charge >= 0.3 is 6.36 Å². The topological polar surface area (TPSA) is 92.4 Å². The first kappa shape index (κ1) is 21.6. The maximum Gasteiger partial charge on any atom is 0.573 e. The molecule has 2 N–H and O–H groups in total. The number of nitrogens with zero attached hydrogens (tertiary/aromatic N) is 3. The lowest BCUT2D eigenvalue weighted by Gasteiger charge is -2.29. The Bertz CT molecular complexity index is 1080. The average Bonchev–Trinajstić information content (AvgIpc) is 3.26. The van der Waals surface area contributed by atoms with Gasteiger partial charge in [-0.05, 0) is 30.3 Å². The van der Waals surface area contributed by atoms with Crippen molar-refractivity contribution in [3.8, 4) is 17.0 Å². The molecule has 0 saturated carbocycles. The van der Waals surface area contributed by atoms with Gasteiger partial charge in [0.05, 0.1) is 36.7 Å². The van der Waals surface area contributed by atoms with E-state index in [2.05, 4.69) is 30.1 Å². The van der Waals surface area contributed by atoms with E-state index in [0.717, 1.165) is 30.5 Å². The first-order chi connectivity index (χ1) is 15.4. The Labute approximate surface area is 181 Å². The van der Waals surface area contributed by atoms with Crippen LogP contribution in [0.5, 0.6) is 5.75 Å². The number of carbonyl (C=O) groups excluding carboxylic acids is 1. The fraction of sp³-hybridized carbons (Fsp3) is 0.286. The number of aromatic amines is 1. The fourth-order valence-corrected chi connectivity index (χ4v) is 3.35. The van der Waals surface area contributed by atoms with Crippen LogP contribution in [0.1, 0.15) is 16.1 Å². The minimum atomic E-state index is -4.89. The van der Waals surface area contributed by atoms with E-state index in [0.29, 0.717) is 24.6 Å². The number of aromatic nitrogens is 3. The van der Waals surface area contributed by atoms with Gasteiger partial charge in [-0.2, -0.15) is 5.10 Å². The molecule has 0 unspecified atom stereocenters. The molecule has 3 heterocycles. The van der Waals surface area contributed by atoms with Crippen molar-refractivity contribution in [2.45, 2.75) is 12.9 Å². The number of ether oxygens (including phenoxy) is 2. The molecule has 2 aromatic heterocycles. The van der Waals surface area contributed by atoms with E-state index >= 15 is 0 Å². The normalized spacial score (nSPS) is 14.3. The van der Waals surface area contributed by atoms with Gasteiger partial charge in [-0.15, -0.1) is 13.2 Å². The molecule has 0 radical (unpaired) electrons. The Morgan fingerprint density at radius 2 is 1.97 bits per heavy atom. The molecule has 0 aliphatic carbocycles. The van der Waals surface area contributed by atoms with Gasteiger partial charge in [0.1, 0.15) is 11.6 Å². The van der Waals surface area contributed by atoms with Crippen LogP contribution in [0, 0.1) is 0 Å². The van der Waals surface area contributed by atoms with Crippen molar-refractivity contribution in [3.63, 3.8) is 0 Å². The number of alkyl halides is 3. The number of anilines is 1. The largest absolute Gasteiger partial charge is 0.573 e. The van der Waals surface area contributed by atoms with E-state index in [1.54, 1.807) is 12.3 Å². The molecular formula is C21H20F3N5O3. The van der Waals surface area contributed by atoms with Crippen molar-refractivity contribution in [1.82, 2.24) is 20.5 Å².